The van der Waals surface area contributed by atoms with Crippen molar-refractivity contribution in [2.24, 2.45) is 5.92 Å². The Kier molecular flexibility index (Phi) is 5.87. The van der Waals surface area contributed by atoms with E-state index in [0.29, 0.717) is 43.5 Å². The Morgan fingerprint density at radius 3 is 2.85 bits per heavy atom. The predicted molar refractivity (Wildman–Crippen MR) is 96.4 cm³/mol. The second kappa shape index (κ2) is 8.15. The average Bonchev–Trinajstić information content (AvgIpc) is 3.14. The molecule has 0 radical (unpaired) electrons. The van der Waals surface area contributed by atoms with Gasteiger partial charge < -0.3 is 4.90 Å². The summed E-state index contributed by atoms with van der Waals surface area (Å²) in [6.07, 6.45) is 0.748. The van der Waals surface area contributed by atoms with Crippen molar-refractivity contribution >= 4 is 5.91 Å². The van der Waals surface area contributed by atoms with Crippen LogP contribution in [0.2, 0.25) is 0 Å². The number of H-pyrrole nitrogens is 1. The molecule has 0 aliphatic carbocycles. The fourth-order valence-electron chi connectivity index (χ4n) is 3.80. The third-order valence-electron chi connectivity index (χ3n) is 5.25. The van der Waals surface area contributed by atoms with Crippen LogP contribution >= 0.6 is 0 Å². The minimum absolute atomic E-state index is 0.0407. The summed E-state index contributed by atoms with van der Waals surface area (Å²) >= 11 is 0. The maximum absolute atomic E-state index is 13.1. The molecule has 2 heterocycles. The van der Waals surface area contributed by atoms with Crippen LogP contribution in [0.4, 0.5) is 13.2 Å². The maximum Gasteiger partial charge on any atom is 0.416 e. The number of halogens is 3. The zero-order chi connectivity index (χ0) is 19.4. The molecule has 2 aromatic rings. The predicted octanol–water partition coefficient (Wildman–Crippen LogP) is 4.48. The van der Waals surface area contributed by atoms with Gasteiger partial charge in [-0.1, -0.05) is 25.1 Å². The molecular formula is C20H24F3N3O. The molecule has 4 nitrogen and oxygen atoms in total. The third kappa shape index (κ3) is 4.51. The number of aryl methyl sites for hydroxylation is 2. The number of nitrogens with zero attached hydrogens (tertiary/aromatic N) is 2. The molecule has 0 unspecified atom stereocenters. The van der Waals surface area contributed by atoms with E-state index in [1.807, 2.05) is 11.8 Å². The fourth-order valence-corrected chi connectivity index (χ4v) is 3.80. The summed E-state index contributed by atoms with van der Waals surface area (Å²) in [6.45, 7) is 3.23. The molecule has 1 amide bonds. The number of piperidine rings is 1. The largest absolute Gasteiger partial charge is 0.416 e. The number of hydrogen-bond acceptors (Lipinski definition) is 2. The number of aromatic nitrogens is 2. The first-order valence-corrected chi connectivity index (χ1v) is 9.36. The van der Waals surface area contributed by atoms with Crippen LogP contribution < -0.4 is 0 Å². The molecule has 0 bridgehead atoms. The van der Waals surface area contributed by atoms with Crippen molar-refractivity contribution in [3.05, 3.63) is 52.8 Å². The third-order valence-corrected chi connectivity index (χ3v) is 5.25. The van der Waals surface area contributed by atoms with Crippen LogP contribution in [-0.2, 0) is 19.0 Å². The Hall–Kier alpha value is -2.31. The van der Waals surface area contributed by atoms with Gasteiger partial charge in [0.2, 0.25) is 0 Å². The molecule has 1 saturated heterocycles. The summed E-state index contributed by atoms with van der Waals surface area (Å²) < 4.78 is 39.4. The van der Waals surface area contributed by atoms with Crippen molar-refractivity contribution < 1.29 is 18.0 Å². The smallest absolute Gasteiger partial charge is 0.338 e. The SMILES string of the molecule is CCc1[nH]ncc1C(=O)N1CCC[C@H](CCc2ccccc2C(F)(F)F)C1. The van der Waals surface area contributed by atoms with Crippen molar-refractivity contribution in [1.29, 1.82) is 0 Å². The van der Waals surface area contributed by atoms with E-state index in [9.17, 15) is 18.0 Å². The zero-order valence-corrected chi connectivity index (χ0v) is 15.4. The second-order valence-corrected chi connectivity index (χ2v) is 7.07. The van der Waals surface area contributed by atoms with E-state index in [1.54, 1.807) is 18.3 Å². The number of hydrogen-bond donors (Lipinski definition) is 1. The van der Waals surface area contributed by atoms with Crippen molar-refractivity contribution in [2.45, 2.75) is 45.2 Å². The number of amides is 1. The number of alkyl halides is 3. The highest BCUT2D eigenvalue weighted by Crippen LogP contribution is 2.33. The molecule has 1 aromatic carbocycles. The van der Waals surface area contributed by atoms with E-state index in [4.69, 9.17) is 0 Å². The quantitative estimate of drug-likeness (QED) is 0.833. The molecule has 0 spiro atoms. The van der Waals surface area contributed by atoms with Crippen LogP contribution in [0.15, 0.2) is 30.5 Å². The van der Waals surface area contributed by atoms with E-state index in [2.05, 4.69) is 10.2 Å². The van der Waals surface area contributed by atoms with Gasteiger partial charge in [0, 0.05) is 18.8 Å². The topological polar surface area (TPSA) is 49.0 Å². The van der Waals surface area contributed by atoms with Crippen molar-refractivity contribution in [3.8, 4) is 0 Å². The minimum Gasteiger partial charge on any atom is -0.338 e. The number of nitrogens with one attached hydrogen (secondary N) is 1. The lowest BCUT2D eigenvalue weighted by Gasteiger charge is -2.33. The molecule has 27 heavy (non-hydrogen) atoms. The van der Waals surface area contributed by atoms with Gasteiger partial charge in [-0.05, 0) is 49.7 Å². The fraction of sp³-hybridized carbons (Fsp3) is 0.500. The van der Waals surface area contributed by atoms with Gasteiger partial charge in [-0.2, -0.15) is 18.3 Å². The van der Waals surface area contributed by atoms with Gasteiger partial charge in [-0.3, -0.25) is 9.89 Å². The molecule has 1 atom stereocenters. The molecule has 3 rings (SSSR count). The Bertz CT molecular complexity index is 785. The van der Waals surface area contributed by atoms with Gasteiger partial charge in [0.25, 0.3) is 5.91 Å². The van der Waals surface area contributed by atoms with E-state index >= 15 is 0 Å². The van der Waals surface area contributed by atoms with Crippen LogP contribution in [-0.4, -0.2) is 34.1 Å². The standard InChI is InChI=1S/C20H24F3N3O/c1-2-18-16(12-24-25-18)19(27)26-11-5-6-14(13-26)9-10-15-7-3-4-8-17(15)20(21,22)23/h3-4,7-8,12,14H,2,5-6,9-11,13H2,1H3,(H,24,25)/t14-/m1/s1. The van der Waals surface area contributed by atoms with E-state index < -0.39 is 11.7 Å². The summed E-state index contributed by atoms with van der Waals surface area (Å²) in [5.74, 6) is 0.168. The lowest BCUT2D eigenvalue weighted by atomic mass is 9.90. The van der Waals surface area contributed by atoms with Crippen LogP contribution in [0.5, 0.6) is 0 Å². The summed E-state index contributed by atoms with van der Waals surface area (Å²) in [5.41, 5.74) is 1.19. The number of carbonyl (C=O) groups excluding carboxylic acids is 1. The van der Waals surface area contributed by atoms with Crippen LogP contribution in [0.25, 0.3) is 0 Å². The Labute approximate surface area is 156 Å². The molecule has 146 valence electrons. The number of rotatable bonds is 5. The molecule has 1 fully saturated rings. The maximum atomic E-state index is 13.1. The number of carbonyl (C=O) groups is 1. The Balaban J connectivity index is 1.64. The average molecular weight is 379 g/mol. The Morgan fingerprint density at radius 2 is 2.11 bits per heavy atom. The molecule has 1 aliphatic rings. The molecular weight excluding hydrogens is 355 g/mol. The summed E-state index contributed by atoms with van der Waals surface area (Å²) in [4.78, 5) is 14.6. The first-order chi connectivity index (χ1) is 12.9. The minimum atomic E-state index is -4.33. The summed E-state index contributed by atoms with van der Waals surface area (Å²) in [7, 11) is 0. The van der Waals surface area contributed by atoms with Gasteiger partial charge in [0.05, 0.1) is 17.3 Å². The van der Waals surface area contributed by atoms with Gasteiger partial charge in [0.1, 0.15) is 0 Å². The first-order valence-electron chi connectivity index (χ1n) is 9.36. The molecule has 1 aliphatic heterocycles. The molecule has 0 saturated carbocycles. The van der Waals surface area contributed by atoms with E-state index in [1.165, 1.54) is 6.07 Å². The lowest BCUT2D eigenvalue weighted by Crippen LogP contribution is -2.40. The number of benzene rings is 1. The van der Waals surface area contributed by atoms with Crippen molar-refractivity contribution in [2.75, 3.05) is 13.1 Å². The van der Waals surface area contributed by atoms with Crippen molar-refractivity contribution in [1.82, 2.24) is 15.1 Å². The zero-order valence-electron chi connectivity index (χ0n) is 15.4. The second-order valence-electron chi connectivity index (χ2n) is 7.07. The molecule has 7 heteroatoms. The van der Waals surface area contributed by atoms with Crippen LogP contribution in [0, 0.1) is 5.92 Å². The highest BCUT2D eigenvalue weighted by molar-refractivity contribution is 5.95. The van der Waals surface area contributed by atoms with Crippen LogP contribution in [0.1, 0.15) is 53.4 Å². The molecule has 1 N–H and O–H groups in total. The number of aromatic amines is 1. The van der Waals surface area contributed by atoms with Gasteiger partial charge in [-0.25, -0.2) is 0 Å². The van der Waals surface area contributed by atoms with E-state index in [-0.39, 0.29) is 11.8 Å². The summed E-state index contributed by atoms with van der Waals surface area (Å²) in [6, 6.07) is 5.75. The molecule has 1 aromatic heterocycles. The highest BCUT2D eigenvalue weighted by atomic mass is 19.4. The van der Waals surface area contributed by atoms with Gasteiger partial charge in [-0.15, -0.1) is 0 Å². The van der Waals surface area contributed by atoms with Crippen molar-refractivity contribution in [3.63, 3.8) is 0 Å². The highest BCUT2D eigenvalue weighted by Gasteiger charge is 2.33. The van der Waals surface area contributed by atoms with Gasteiger partial charge >= 0.3 is 6.18 Å². The van der Waals surface area contributed by atoms with Gasteiger partial charge in [0.15, 0.2) is 0 Å². The monoisotopic (exact) mass is 379 g/mol. The van der Waals surface area contributed by atoms with Crippen LogP contribution in [0.3, 0.4) is 0 Å². The normalized spacial score (nSPS) is 17.9. The summed E-state index contributed by atoms with van der Waals surface area (Å²) in [5, 5.41) is 6.81. The lowest BCUT2D eigenvalue weighted by molar-refractivity contribution is -0.138. The number of likely N-dealkylation sites (tertiary alicyclic amines) is 1. The first kappa shape index (κ1) is 19.5. The van der Waals surface area contributed by atoms with E-state index in [0.717, 1.165) is 24.6 Å². The Morgan fingerprint density at radius 1 is 1.33 bits per heavy atom.